The van der Waals surface area contributed by atoms with Crippen molar-refractivity contribution in [3.8, 4) is 0 Å². The van der Waals surface area contributed by atoms with Crippen LogP contribution in [0.1, 0.15) is 44.7 Å². The summed E-state index contributed by atoms with van der Waals surface area (Å²) in [5.41, 5.74) is 1.67. The Morgan fingerprint density at radius 3 is 2.26 bits per heavy atom. The molecule has 1 heterocycles. The maximum Gasteiger partial charge on any atom is 0.348 e. The Kier molecular flexibility index (Phi) is 5.55. The van der Waals surface area contributed by atoms with Crippen molar-refractivity contribution in [2.45, 2.75) is 46.0 Å². The first kappa shape index (κ1) is 17.2. The van der Waals surface area contributed by atoms with Crippen molar-refractivity contribution < 1.29 is 23.8 Å². The third-order valence-corrected chi connectivity index (χ3v) is 3.32. The molecule has 5 nitrogen and oxygen atoms in total. The zero-order chi connectivity index (χ0) is 16.9. The first-order chi connectivity index (χ1) is 10.9. The molecule has 1 fully saturated rings. The molecule has 0 spiro atoms. The molecule has 0 saturated carbocycles. The van der Waals surface area contributed by atoms with E-state index in [0.717, 1.165) is 30.6 Å². The fraction of sp³-hybridized carbons (Fsp3) is 0.444. The van der Waals surface area contributed by atoms with Gasteiger partial charge in [0.15, 0.2) is 0 Å². The average Bonchev–Trinajstić information content (AvgIpc) is 2.48. The molecule has 0 bridgehead atoms. The predicted molar refractivity (Wildman–Crippen MR) is 85.2 cm³/mol. The van der Waals surface area contributed by atoms with Crippen LogP contribution in [0.3, 0.4) is 0 Å². The van der Waals surface area contributed by atoms with E-state index in [0.29, 0.717) is 6.61 Å². The van der Waals surface area contributed by atoms with E-state index in [4.69, 9.17) is 14.2 Å². The van der Waals surface area contributed by atoms with Gasteiger partial charge in [-0.2, -0.15) is 0 Å². The lowest BCUT2D eigenvalue weighted by molar-refractivity contribution is -0.222. The number of benzene rings is 1. The highest BCUT2D eigenvalue weighted by molar-refractivity contribution is 6.18. The highest BCUT2D eigenvalue weighted by Crippen LogP contribution is 2.24. The second-order valence-electron chi connectivity index (χ2n) is 5.88. The summed E-state index contributed by atoms with van der Waals surface area (Å²) in [6.07, 6.45) is 3.63. The Morgan fingerprint density at radius 2 is 1.70 bits per heavy atom. The van der Waals surface area contributed by atoms with E-state index < -0.39 is 17.7 Å². The second-order valence-corrected chi connectivity index (χ2v) is 5.88. The molecule has 0 amide bonds. The first-order valence-electron chi connectivity index (χ1n) is 7.76. The molecule has 0 radical (unpaired) electrons. The van der Waals surface area contributed by atoms with Gasteiger partial charge in [0, 0.05) is 20.5 Å². The third-order valence-electron chi connectivity index (χ3n) is 3.32. The molecule has 2 rings (SSSR count). The second kappa shape index (κ2) is 7.42. The number of hydrogen-bond donors (Lipinski definition) is 0. The number of cyclic esters (lactones) is 2. The van der Waals surface area contributed by atoms with Gasteiger partial charge in [0.2, 0.25) is 0 Å². The summed E-state index contributed by atoms with van der Waals surface area (Å²) in [4.78, 5) is 23.8. The fourth-order valence-electron chi connectivity index (χ4n) is 2.09. The number of esters is 2. The molecule has 0 atom stereocenters. The first-order valence-corrected chi connectivity index (χ1v) is 7.76. The molecule has 124 valence electrons. The van der Waals surface area contributed by atoms with Crippen molar-refractivity contribution in [3.63, 3.8) is 0 Å². The number of unbranched alkanes of at least 4 members (excludes halogenated alkanes) is 1. The van der Waals surface area contributed by atoms with Crippen molar-refractivity contribution in [2.75, 3.05) is 6.61 Å². The van der Waals surface area contributed by atoms with Gasteiger partial charge in [-0.05, 0) is 23.6 Å². The molecule has 1 aliphatic heterocycles. The smallest absolute Gasteiger partial charge is 0.348 e. The SMILES string of the molecule is CCCCOCc1ccc(C=C2C(=O)OC(C)(C)OC2=O)cc1. The minimum atomic E-state index is -1.22. The molecule has 0 aliphatic carbocycles. The normalized spacial score (nSPS) is 16.7. The van der Waals surface area contributed by atoms with Gasteiger partial charge in [-0.15, -0.1) is 0 Å². The highest BCUT2D eigenvalue weighted by Gasteiger charge is 2.38. The lowest BCUT2D eigenvalue weighted by Gasteiger charge is -2.29. The minimum absolute atomic E-state index is 0.101. The number of carbonyl (C=O) groups excluding carboxylic acids is 2. The summed E-state index contributed by atoms with van der Waals surface area (Å²) in [6, 6.07) is 7.46. The van der Waals surface area contributed by atoms with Crippen molar-refractivity contribution in [1.29, 1.82) is 0 Å². The Balaban J connectivity index is 2.02. The minimum Gasteiger partial charge on any atom is -0.419 e. The predicted octanol–water partition coefficient (Wildman–Crippen LogP) is 3.22. The molecule has 1 aliphatic rings. The van der Waals surface area contributed by atoms with Crippen molar-refractivity contribution in [1.82, 2.24) is 0 Å². The van der Waals surface area contributed by atoms with E-state index in [2.05, 4.69) is 6.92 Å². The number of hydrogen-bond acceptors (Lipinski definition) is 5. The summed E-state index contributed by atoms with van der Waals surface area (Å²) in [5.74, 6) is -2.55. The van der Waals surface area contributed by atoms with Gasteiger partial charge in [-0.3, -0.25) is 0 Å². The molecule has 1 saturated heterocycles. The third kappa shape index (κ3) is 4.93. The van der Waals surface area contributed by atoms with E-state index >= 15 is 0 Å². The molecule has 1 aromatic carbocycles. The topological polar surface area (TPSA) is 61.8 Å². The van der Waals surface area contributed by atoms with Gasteiger partial charge in [-0.25, -0.2) is 9.59 Å². The summed E-state index contributed by atoms with van der Waals surface area (Å²) < 4.78 is 15.7. The molecule has 0 unspecified atom stereocenters. The van der Waals surface area contributed by atoms with Gasteiger partial charge in [-0.1, -0.05) is 37.6 Å². The van der Waals surface area contributed by atoms with Crippen LogP contribution in [-0.2, 0) is 30.4 Å². The summed E-state index contributed by atoms with van der Waals surface area (Å²) in [7, 11) is 0. The largest absolute Gasteiger partial charge is 0.419 e. The molecule has 23 heavy (non-hydrogen) atoms. The molecular formula is C18H22O5. The Morgan fingerprint density at radius 1 is 1.09 bits per heavy atom. The molecule has 5 heteroatoms. The van der Waals surface area contributed by atoms with E-state index in [-0.39, 0.29) is 5.57 Å². The average molecular weight is 318 g/mol. The zero-order valence-corrected chi connectivity index (χ0v) is 13.8. The fourth-order valence-corrected chi connectivity index (χ4v) is 2.09. The van der Waals surface area contributed by atoms with Crippen LogP contribution in [0, 0.1) is 0 Å². The number of ether oxygens (including phenoxy) is 3. The maximum absolute atomic E-state index is 11.9. The van der Waals surface area contributed by atoms with Crippen LogP contribution in [0.25, 0.3) is 6.08 Å². The van der Waals surface area contributed by atoms with Gasteiger partial charge in [0.1, 0.15) is 5.57 Å². The van der Waals surface area contributed by atoms with E-state index in [1.165, 1.54) is 19.9 Å². The number of carbonyl (C=O) groups is 2. The Labute approximate surface area is 136 Å². The van der Waals surface area contributed by atoms with Gasteiger partial charge < -0.3 is 14.2 Å². The summed E-state index contributed by atoms with van der Waals surface area (Å²) in [6.45, 7) is 6.46. The lowest BCUT2D eigenvalue weighted by Crippen LogP contribution is -2.41. The van der Waals surface area contributed by atoms with Crippen molar-refractivity contribution >= 4 is 18.0 Å². The highest BCUT2D eigenvalue weighted by atomic mass is 16.7. The molecular weight excluding hydrogens is 296 g/mol. The Hall–Kier alpha value is -2.14. The van der Waals surface area contributed by atoms with Crippen LogP contribution in [0.2, 0.25) is 0 Å². The standard InChI is InChI=1S/C18H22O5/c1-4-5-10-21-12-14-8-6-13(7-9-14)11-15-16(19)22-18(2,3)23-17(15)20/h6-9,11H,4-5,10,12H2,1-3H3. The summed E-state index contributed by atoms with van der Waals surface area (Å²) in [5, 5.41) is 0. The van der Waals surface area contributed by atoms with E-state index in [1.54, 1.807) is 0 Å². The van der Waals surface area contributed by atoms with Crippen LogP contribution < -0.4 is 0 Å². The molecule has 0 aromatic heterocycles. The van der Waals surface area contributed by atoms with Crippen LogP contribution in [0.4, 0.5) is 0 Å². The maximum atomic E-state index is 11.9. The molecule has 1 aromatic rings. The van der Waals surface area contributed by atoms with Crippen molar-refractivity contribution in [2.24, 2.45) is 0 Å². The van der Waals surface area contributed by atoms with Crippen LogP contribution in [-0.4, -0.2) is 24.3 Å². The van der Waals surface area contributed by atoms with E-state index in [1.807, 2.05) is 24.3 Å². The summed E-state index contributed by atoms with van der Waals surface area (Å²) >= 11 is 0. The van der Waals surface area contributed by atoms with Gasteiger partial charge in [0.25, 0.3) is 5.79 Å². The van der Waals surface area contributed by atoms with Crippen molar-refractivity contribution in [3.05, 3.63) is 41.0 Å². The van der Waals surface area contributed by atoms with Crippen LogP contribution >= 0.6 is 0 Å². The van der Waals surface area contributed by atoms with E-state index in [9.17, 15) is 9.59 Å². The molecule has 0 N–H and O–H groups in total. The zero-order valence-electron chi connectivity index (χ0n) is 13.8. The monoisotopic (exact) mass is 318 g/mol. The van der Waals surface area contributed by atoms with Gasteiger partial charge >= 0.3 is 11.9 Å². The van der Waals surface area contributed by atoms with Crippen LogP contribution in [0.5, 0.6) is 0 Å². The quantitative estimate of drug-likeness (QED) is 0.349. The Bertz CT molecular complexity index is 576. The lowest BCUT2D eigenvalue weighted by atomic mass is 10.1. The number of rotatable bonds is 6. The van der Waals surface area contributed by atoms with Gasteiger partial charge in [0.05, 0.1) is 6.61 Å². The van der Waals surface area contributed by atoms with Crippen LogP contribution in [0.15, 0.2) is 29.8 Å².